The van der Waals surface area contributed by atoms with Crippen LogP contribution >= 0.6 is 0 Å². The van der Waals surface area contributed by atoms with Crippen molar-refractivity contribution in [2.75, 3.05) is 6.61 Å². The van der Waals surface area contributed by atoms with Crippen LogP contribution in [-0.4, -0.2) is 12.6 Å². The van der Waals surface area contributed by atoms with Gasteiger partial charge in [-0.1, -0.05) is 59.0 Å². The van der Waals surface area contributed by atoms with Crippen molar-refractivity contribution in [2.45, 2.75) is 71.6 Å². The average molecular weight is 332 g/mol. The van der Waals surface area contributed by atoms with Crippen molar-refractivity contribution in [1.82, 2.24) is 0 Å². The molecule has 0 radical (unpaired) electrons. The van der Waals surface area contributed by atoms with Crippen LogP contribution in [0.25, 0.3) is 0 Å². The molecule has 0 bridgehead atoms. The molecule has 0 fully saturated rings. The molecule has 0 aliphatic heterocycles. The van der Waals surface area contributed by atoms with Crippen LogP contribution < -0.4 is 9.47 Å². The fraction of sp³-hybridized carbons (Fsp3) is 0.571. The summed E-state index contributed by atoms with van der Waals surface area (Å²) in [5, 5.41) is 0. The maximum absolute atomic E-state index is 11.5. The second-order valence-corrected chi connectivity index (χ2v) is 6.11. The van der Waals surface area contributed by atoms with E-state index in [2.05, 4.69) is 20.4 Å². The Morgan fingerprint density at radius 2 is 1.75 bits per heavy atom. The summed E-state index contributed by atoms with van der Waals surface area (Å²) in [7, 11) is 0. The van der Waals surface area contributed by atoms with E-state index in [9.17, 15) is 4.79 Å². The first kappa shape index (κ1) is 20.3. The van der Waals surface area contributed by atoms with E-state index in [1.54, 1.807) is 0 Å². The Morgan fingerprint density at radius 3 is 2.42 bits per heavy atom. The van der Waals surface area contributed by atoms with Crippen LogP contribution in [0.3, 0.4) is 0 Å². The third-order valence-electron chi connectivity index (χ3n) is 3.93. The Kier molecular flexibility index (Phi) is 10.7. The van der Waals surface area contributed by atoms with Gasteiger partial charge in [0.05, 0.1) is 6.61 Å². The molecule has 0 saturated heterocycles. The van der Waals surface area contributed by atoms with Crippen LogP contribution in [0.15, 0.2) is 30.9 Å². The first-order chi connectivity index (χ1) is 11.7. The molecule has 134 valence electrons. The third-order valence-corrected chi connectivity index (χ3v) is 3.93. The van der Waals surface area contributed by atoms with Crippen molar-refractivity contribution in [3.8, 4) is 11.5 Å². The summed E-state index contributed by atoms with van der Waals surface area (Å²) in [6, 6.07) is 5.68. The molecule has 0 heterocycles. The minimum Gasteiger partial charge on any atom is -0.494 e. The second kappa shape index (κ2) is 12.6. The highest BCUT2D eigenvalue weighted by Crippen LogP contribution is 2.27. The van der Waals surface area contributed by atoms with Gasteiger partial charge in [0.1, 0.15) is 11.5 Å². The molecule has 1 rings (SSSR count). The van der Waals surface area contributed by atoms with Crippen LogP contribution in [0.5, 0.6) is 11.5 Å². The molecule has 0 aliphatic carbocycles. The minimum absolute atomic E-state index is 0.418. The number of aryl methyl sites for hydroxylation is 1. The zero-order valence-corrected chi connectivity index (χ0v) is 15.3. The number of carbonyl (C=O) groups excluding carboxylic acids is 1. The van der Waals surface area contributed by atoms with Crippen molar-refractivity contribution in [1.29, 1.82) is 0 Å². The summed E-state index contributed by atoms with van der Waals surface area (Å²) in [5.41, 5.74) is 1.03. The lowest BCUT2D eigenvalue weighted by atomic mass is 10.0. The number of rotatable bonds is 13. The van der Waals surface area contributed by atoms with Crippen molar-refractivity contribution < 1.29 is 14.3 Å². The summed E-state index contributed by atoms with van der Waals surface area (Å²) in [6.07, 6.45) is 11.9. The smallest absolute Gasteiger partial charge is 0.335 e. The number of benzene rings is 1. The maximum Gasteiger partial charge on any atom is 0.335 e. The first-order valence-electron chi connectivity index (χ1n) is 9.31. The van der Waals surface area contributed by atoms with Crippen LogP contribution in [0.4, 0.5) is 0 Å². The number of unbranched alkanes of at least 4 members (excludes halogenated alkanes) is 6. The lowest BCUT2D eigenvalue weighted by Crippen LogP contribution is -2.06. The molecule has 0 saturated carbocycles. The van der Waals surface area contributed by atoms with Gasteiger partial charge in [0.25, 0.3) is 0 Å². The number of hydrogen-bond donors (Lipinski definition) is 0. The van der Waals surface area contributed by atoms with Crippen LogP contribution in [0, 0.1) is 0 Å². The normalized spacial score (nSPS) is 10.4. The second-order valence-electron chi connectivity index (χ2n) is 6.11. The fourth-order valence-corrected chi connectivity index (χ4v) is 2.58. The summed E-state index contributed by atoms with van der Waals surface area (Å²) in [4.78, 5) is 11.5. The molecule has 1 aromatic carbocycles. The van der Waals surface area contributed by atoms with E-state index in [0.717, 1.165) is 30.6 Å². The van der Waals surface area contributed by atoms with E-state index in [-0.39, 0.29) is 0 Å². The van der Waals surface area contributed by atoms with Crippen LogP contribution in [-0.2, 0) is 11.2 Å². The highest BCUT2D eigenvalue weighted by molar-refractivity contribution is 5.83. The van der Waals surface area contributed by atoms with Crippen molar-refractivity contribution in [2.24, 2.45) is 0 Å². The molecule has 0 unspecified atom stereocenters. The molecule has 1 aromatic rings. The SMILES string of the molecule is C=CC(=O)Oc1ccc(OCCC)cc1CCCCCCCCC. The van der Waals surface area contributed by atoms with E-state index < -0.39 is 5.97 Å². The van der Waals surface area contributed by atoms with Gasteiger partial charge in [0, 0.05) is 6.08 Å². The average Bonchev–Trinajstić information content (AvgIpc) is 2.60. The van der Waals surface area contributed by atoms with E-state index in [1.807, 2.05) is 18.2 Å². The van der Waals surface area contributed by atoms with Gasteiger partial charge in [0.15, 0.2) is 0 Å². The van der Waals surface area contributed by atoms with Gasteiger partial charge in [-0.25, -0.2) is 4.79 Å². The van der Waals surface area contributed by atoms with Crippen LogP contribution in [0.2, 0.25) is 0 Å². The van der Waals surface area contributed by atoms with Gasteiger partial charge in [-0.05, 0) is 43.0 Å². The third kappa shape index (κ3) is 8.19. The summed E-state index contributed by atoms with van der Waals surface area (Å²) >= 11 is 0. The fourth-order valence-electron chi connectivity index (χ4n) is 2.58. The zero-order valence-electron chi connectivity index (χ0n) is 15.3. The van der Waals surface area contributed by atoms with Crippen LogP contribution in [0.1, 0.15) is 70.8 Å². The number of hydrogen-bond acceptors (Lipinski definition) is 3. The largest absolute Gasteiger partial charge is 0.494 e. The van der Waals surface area contributed by atoms with Crippen molar-refractivity contribution in [3.05, 3.63) is 36.4 Å². The van der Waals surface area contributed by atoms with Gasteiger partial charge in [0.2, 0.25) is 0 Å². The standard InChI is InChI=1S/C21H32O3/c1-4-7-8-9-10-11-12-13-18-17-19(23-16-5-2)14-15-20(18)24-21(22)6-3/h6,14-15,17H,3-5,7-13,16H2,1-2H3. The molecule has 3 heteroatoms. The Balaban J connectivity index is 2.58. The van der Waals surface area contributed by atoms with Gasteiger partial charge in [-0.2, -0.15) is 0 Å². The summed E-state index contributed by atoms with van der Waals surface area (Å²) in [6.45, 7) is 8.47. The van der Waals surface area contributed by atoms with Crippen molar-refractivity contribution >= 4 is 5.97 Å². The molecule has 0 spiro atoms. The molecule has 3 nitrogen and oxygen atoms in total. The molecule has 0 aromatic heterocycles. The first-order valence-corrected chi connectivity index (χ1v) is 9.31. The van der Waals surface area contributed by atoms with E-state index in [1.165, 1.54) is 44.6 Å². The summed E-state index contributed by atoms with van der Waals surface area (Å²) < 4.78 is 11.0. The summed E-state index contributed by atoms with van der Waals surface area (Å²) in [5.74, 6) is 1.04. The van der Waals surface area contributed by atoms with Crippen molar-refractivity contribution in [3.63, 3.8) is 0 Å². The van der Waals surface area contributed by atoms with E-state index >= 15 is 0 Å². The molecular formula is C21H32O3. The Labute approximate surface area is 147 Å². The quantitative estimate of drug-likeness (QED) is 0.196. The number of carbonyl (C=O) groups is 1. The molecular weight excluding hydrogens is 300 g/mol. The van der Waals surface area contributed by atoms with Gasteiger partial charge < -0.3 is 9.47 Å². The highest BCUT2D eigenvalue weighted by Gasteiger charge is 2.09. The molecule has 24 heavy (non-hydrogen) atoms. The number of ether oxygens (including phenoxy) is 2. The molecule has 0 atom stereocenters. The predicted octanol–water partition coefficient (Wildman–Crippen LogP) is 5.86. The molecule has 0 N–H and O–H groups in total. The lowest BCUT2D eigenvalue weighted by Gasteiger charge is -2.12. The zero-order chi connectivity index (χ0) is 17.6. The predicted molar refractivity (Wildman–Crippen MR) is 99.8 cm³/mol. The van der Waals surface area contributed by atoms with E-state index in [4.69, 9.17) is 9.47 Å². The van der Waals surface area contributed by atoms with Gasteiger partial charge >= 0.3 is 5.97 Å². The van der Waals surface area contributed by atoms with E-state index in [0.29, 0.717) is 12.4 Å². The Hall–Kier alpha value is -1.77. The number of esters is 1. The molecule has 0 aliphatic rings. The van der Waals surface area contributed by atoms with Gasteiger partial charge in [-0.15, -0.1) is 0 Å². The minimum atomic E-state index is -0.418. The topological polar surface area (TPSA) is 35.5 Å². The van der Waals surface area contributed by atoms with Gasteiger partial charge in [-0.3, -0.25) is 0 Å². The monoisotopic (exact) mass is 332 g/mol. The maximum atomic E-state index is 11.5. The molecule has 0 amide bonds. The lowest BCUT2D eigenvalue weighted by molar-refractivity contribution is -0.129. The Bertz CT molecular complexity index is 494. The highest BCUT2D eigenvalue weighted by atomic mass is 16.5. The Morgan fingerprint density at radius 1 is 1.04 bits per heavy atom.